The first-order valence-corrected chi connectivity index (χ1v) is 10.0. The Morgan fingerprint density at radius 1 is 1.36 bits per heavy atom. The Kier molecular flexibility index (Phi) is 4.09. The highest BCUT2D eigenvalue weighted by atomic mass is 32.1. The van der Waals surface area contributed by atoms with Crippen molar-refractivity contribution < 1.29 is 9.59 Å². The zero-order chi connectivity index (χ0) is 19.1. The smallest absolute Gasteiger partial charge is 0.254 e. The first-order chi connectivity index (χ1) is 13.7. The molecule has 28 heavy (non-hydrogen) atoms. The molecule has 0 atom stereocenters. The molecule has 4 heterocycles. The van der Waals surface area contributed by atoms with E-state index < -0.39 is 0 Å². The minimum Gasteiger partial charge on any atom is -0.367 e. The summed E-state index contributed by atoms with van der Waals surface area (Å²) < 4.78 is 1.75. The largest absolute Gasteiger partial charge is 0.367 e. The summed E-state index contributed by atoms with van der Waals surface area (Å²) in [5.41, 5.74) is 2.96. The topological polar surface area (TPSA) is 100 Å². The third-order valence-electron chi connectivity index (χ3n) is 4.71. The van der Waals surface area contributed by atoms with Crippen molar-refractivity contribution in [2.24, 2.45) is 0 Å². The van der Waals surface area contributed by atoms with Gasteiger partial charge in [0, 0.05) is 29.8 Å². The van der Waals surface area contributed by atoms with Crippen molar-refractivity contribution >= 4 is 46.5 Å². The minimum atomic E-state index is -0.354. The first-order valence-electron chi connectivity index (χ1n) is 9.11. The van der Waals surface area contributed by atoms with Crippen LogP contribution in [0.4, 0.5) is 11.6 Å². The lowest BCUT2D eigenvalue weighted by atomic mass is 10.1. The van der Waals surface area contributed by atoms with Crippen molar-refractivity contribution in [2.75, 3.05) is 10.6 Å². The van der Waals surface area contributed by atoms with Gasteiger partial charge in [-0.3, -0.25) is 14.9 Å². The zero-order valence-corrected chi connectivity index (χ0v) is 15.8. The molecule has 1 saturated carbocycles. The zero-order valence-electron chi connectivity index (χ0n) is 14.9. The Morgan fingerprint density at radius 3 is 2.96 bits per heavy atom. The normalized spacial score (nSPS) is 18.1. The number of carbonyl (C=O) groups excluding carboxylic acids is 2. The Labute approximate surface area is 164 Å². The van der Waals surface area contributed by atoms with Crippen LogP contribution in [0.25, 0.3) is 11.7 Å². The van der Waals surface area contributed by atoms with Crippen molar-refractivity contribution in [2.45, 2.75) is 31.8 Å². The summed E-state index contributed by atoms with van der Waals surface area (Å²) in [6, 6.07) is 4.48. The van der Waals surface area contributed by atoms with Crippen LogP contribution in [0.1, 0.15) is 30.4 Å². The van der Waals surface area contributed by atoms with Crippen molar-refractivity contribution in [1.82, 2.24) is 19.9 Å². The monoisotopic (exact) mass is 394 g/mol. The highest BCUT2D eigenvalue weighted by molar-refractivity contribution is 7.07. The Bertz CT molecular complexity index is 1100. The van der Waals surface area contributed by atoms with Crippen molar-refractivity contribution in [3.05, 3.63) is 45.8 Å². The third kappa shape index (κ3) is 3.36. The second kappa shape index (κ2) is 6.75. The number of amides is 2. The number of aromatic nitrogens is 3. The number of rotatable bonds is 6. The number of thiophene rings is 1. The number of hydrogen-bond donors (Lipinski definition) is 3. The van der Waals surface area contributed by atoms with Gasteiger partial charge in [-0.25, -0.2) is 4.98 Å². The van der Waals surface area contributed by atoms with Crippen LogP contribution in [0.15, 0.2) is 34.7 Å². The SMILES string of the molecule is O=C1C/C(=C\c2cnn3c(NC4CC4)cc(NCc4ccsc4)nc23)C(=O)N1. The van der Waals surface area contributed by atoms with Gasteiger partial charge in [0.15, 0.2) is 5.65 Å². The molecule has 8 nitrogen and oxygen atoms in total. The maximum absolute atomic E-state index is 11.9. The highest BCUT2D eigenvalue weighted by Crippen LogP contribution is 2.28. The Balaban J connectivity index is 1.52. The molecule has 0 bridgehead atoms. The van der Waals surface area contributed by atoms with Crippen LogP contribution < -0.4 is 16.0 Å². The van der Waals surface area contributed by atoms with E-state index in [0.29, 0.717) is 29.4 Å². The van der Waals surface area contributed by atoms with Crippen LogP contribution in [-0.4, -0.2) is 32.5 Å². The molecule has 0 spiro atoms. The van der Waals surface area contributed by atoms with Gasteiger partial charge in [-0.1, -0.05) is 0 Å². The molecule has 1 saturated heterocycles. The standard InChI is InChI=1S/C19H18N6O2S/c26-17-6-12(19(27)24-17)5-13-9-21-25-16(22-14-1-2-14)7-15(23-18(13)25)20-8-11-3-4-28-10-11/h3-5,7,9-10,14,22H,1-2,6,8H2,(H,20,23)(H,24,26,27)/b12-5+. The number of fused-ring (bicyclic) bond motifs is 1. The maximum Gasteiger partial charge on any atom is 0.254 e. The summed E-state index contributed by atoms with van der Waals surface area (Å²) in [7, 11) is 0. The van der Waals surface area contributed by atoms with E-state index in [4.69, 9.17) is 4.98 Å². The fourth-order valence-electron chi connectivity index (χ4n) is 3.11. The van der Waals surface area contributed by atoms with Crippen LogP contribution in [0.2, 0.25) is 0 Å². The number of hydrogen-bond acceptors (Lipinski definition) is 7. The molecule has 1 aliphatic heterocycles. The molecule has 0 unspecified atom stereocenters. The summed E-state index contributed by atoms with van der Waals surface area (Å²) in [4.78, 5) is 28.1. The van der Waals surface area contributed by atoms with E-state index in [1.54, 1.807) is 28.1 Å². The van der Waals surface area contributed by atoms with Crippen LogP contribution in [-0.2, 0) is 16.1 Å². The summed E-state index contributed by atoms with van der Waals surface area (Å²) in [5.74, 6) is 0.952. The lowest BCUT2D eigenvalue weighted by Gasteiger charge is -2.11. The molecule has 3 aromatic heterocycles. The van der Waals surface area contributed by atoms with Gasteiger partial charge in [-0.15, -0.1) is 0 Å². The molecule has 0 aromatic carbocycles. The second-order valence-electron chi connectivity index (χ2n) is 6.99. The van der Waals surface area contributed by atoms with Gasteiger partial charge >= 0.3 is 0 Å². The molecular weight excluding hydrogens is 376 g/mol. The Morgan fingerprint density at radius 2 is 2.25 bits per heavy atom. The summed E-state index contributed by atoms with van der Waals surface area (Å²) in [6.45, 7) is 0.678. The third-order valence-corrected chi connectivity index (χ3v) is 5.44. The van der Waals surface area contributed by atoms with Gasteiger partial charge in [0.05, 0.1) is 12.6 Å². The number of anilines is 2. The molecule has 3 aromatic rings. The number of nitrogens with zero attached hydrogens (tertiary/aromatic N) is 3. The van der Waals surface area contributed by atoms with Gasteiger partial charge < -0.3 is 10.6 Å². The van der Waals surface area contributed by atoms with Gasteiger partial charge in [0.2, 0.25) is 5.91 Å². The van der Waals surface area contributed by atoms with Gasteiger partial charge in [0.25, 0.3) is 5.91 Å². The van der Waals surface area contributed by atoms with Crippen molar-refractivity contribution in [3.8, 4) is 0 Å². The van der Waals surface area contributed by atoms with E-state index in [2.05, 4.69) is 32.5 Å². The van der Waals surface area contributed by atoms with E-state index in [0.717, 1.165) is 24.5 Å². The van der Waals surface area contributed by atoms with Gasteiger partial charge in [-0.2, -0.15) is 21.0 Å². The minimum absolute atomic E-state index is 0.0828. The number of carbonyl (C=O) groups is 2. The van der Waals surface area contributed by atoms with Crippen LogP contribution in [0.3, 0.4) is 0 Å². The molecule has 3 N–H and O–H groups in total. The van der Waals surface area contributed by atoms with E-state index >= 15 is 0 Å². The molecular formula is C19H18N6O2S. The molecule has 2 fully saturated rings. The predicted molar refractivity (Wildman–Crippen MR) is 107 cm³/mol. The molecule has 142 valence electrons. The molecule has 2 aliphatic rings. The van der Waals surface area contributed by atoms with Crippen molar-refractivity contribution in [1.29, 1.82) is 0 Å². The molecule has 5 rings (SSSR count). The van der Waals surface area contributed by atoms with E-state index in [1.165, 1.54) is 5.56 Å². The van der Waals surface area contributed by atoms with Crippen molar-refractivity contribution in [3.63, 3.8) is 0 Å². The van der Waals surface area contributed by atoms with E-state index in [1.807, 2.05) is 11.4 Å². The fraction of sp³-hybridized carbons (Fsp3) is 0.263. The number of nitrogens with one attached hydrogen (secondary N) is 3. The summed E-state index contributed by atoms with van der Waals surface area (Å²) in [5, 5.41) is 17.7. The quantitative estimate of drug-likeness (QED) is 0.439. The van der Waals surface area contributed by atoms with Gasteiger partial charge in [-0.05, 0) is 41.3 Å². The molecule has 1 aliphatic carbocycles. The lowest BCUT2D eigenvalue weighted by Crippen LogP contribution is -2.19. The average Bonchev–Trinajstić information content (AvgIpc) is 3.05. The van der Waals surface area contributed by atoms with Gasteiger partial charge in [0.1, 0.15) is 11.6 Å². The average molecular weight is 394 g/mol. The molecule has 0 radical (unpaired) electrons. The van der Waals surface area contributed by atoms with E-state index in [-0.39, 0.29) is 18.2 Å². The predicted octanol–water partition coefficient (Wildman–Crippen LogP) is 2.41. The van der Waals surface area contributed by atoms with Crippen LogP contribution in [0.5, 0.6) is 0 Å². The first kappa shape index (κ1) is 16.9. The summed E-state index contributed by atoms with van der Waals surface area (Å²) >= 11 is 1.66. The summed E-state index contributed by atoms with van der Waals surface area (Å²) in [6.07, 6.45) is 5.73. The lowest BCUT2D eigenvalue weighted by molar-refractivity contribution is -0.124. The molecule has 9 heteroatoms. The fourth-order valence-corrected chi connectivity index (χ4v) is 3.77. The number of imide groups is 1. The van der Waals surface area contributed by atoms with Crippen LogP contribution in [0, 0.1) is 0 Å². The highest BCUT2D eigenvalue weighted by Gasteiger charge is 2.25. The molecule has 2 amide bonds. The maximum atomic E-state index is 11.9. The van der Waals surface area contributed by atoms with Crippen LogP contribution >= 0.6 is 11.3 Å². The Hall–Kier alpha value is -3.20. The van der Waals surface area contributed by atoms with E-state index in [9.17, 15) is 9.59 Å². The second-order valence-corrected chi connectivity index (χ2v) is 7.77.